The molecule has 0 spiro atoms. The molecule has 3 aromatic rings. The molecule has 0 unspecified atom stereocenters. The first-order valence-corrected chi connectivity index (χ1v) is 11.2. The number of nitrogens with zero attached hydrogens (tertiary/aromatic N) is 3. The van der Waals surface area contributed by atoms with Crippen molar-refractivity contribution in [2.45, 2.75) is 40.2 Å². The quantitative estimate of drug-likeness (QED) is 0.419. The molecule has 0 bridgehead atoms. The Kier molecular flexibility index (Phi) is 6.73. The van der Waals surface area contributed by atoms with Crippen LogP contribution in [-0.4, -0.2) is 34.8 Å². The highest BCUT2D eigenvalue weighted by Gasteiger charge is 2.22. The summed E-state index contributed by atoms with van der Waals surface area (Å²) in [5.74, 6) is -0.749. The van der Waals surface area contributed by atoms with Crippen LogP contribution in [0.5, 0.6) is 0 Å². The van der Waals surface area contributed by atoms with E-state index in [0.717, 1.165) is 41.0 Å². The van der Waals surface area contributed by atoms with Gasteiger partial charge in [0.15, 0.2) is 6.61 Å². The molecule has 1 amide bonds. The second-order valence-corrected chi connectivity index (χ2v) is 8.45. The molecule has 6 heteroatoms. The smallest absolute Gasteiger partial charge is 0.331 e. The summed E-state index contributed by atoms with van der Waals surface area (Å²) in [6.07, 6.45) is 4.94. The first kappa shape index (κ1) is 22.5. The molecule has 4 rings (SSSR count). The van der Waals surface area contributed by atoms with E-state index < -0.39 is 5.97 Å². The SMILES string of the molecule is Cc1ccc(Cn2nc(C)c(/C=C/C(=O)OCC(=O)N3CCCc4ccccc43)c2C)cc1. The zero-order chi connectivity index (χ0) is 23.4. The van der Waals surface area contributed by atoms with Gasteiger partial charge in [-0.3, -0.25) is 9.48 Å². The van der Waals surface area contributed by atoms with Crippen molar-refractivity contribution in [3.05, 3.63) is 88.2 Å². The molecule has 0 fully saturated rings. The number of esters is 1. The molecule has 0 saturated heterocycles. The molecule has 6 nitrogen and oxygen atoms in total. The zero-order valence-electron chi connectivity index (χ0n) is 19.4. The number of ether oxygens (including phenoxy) is 1. The lowest BCUT2D eigenvalue weighted by atomic mass is 10.0. The van der Waals surface area contributed by atoms with Crippen molar-refractivity contribution >= 4 is 23.6 Å². The predicted octanol–water partition coefficient (Wildman–Crippen LogP) is 4.39. The number of hydrogen-bond acceptors (Lipinski definition) is 4. The monoisotopic (exact) mass is 443 g/mol. The molecule has 2 heterocycles. The van der Waals surface area contributed by atoms with Gasteiger partial charge in [0, 0.05) is 29.6 Å². The first-order valence-electron chi connectivity index (χ1n) is 11.2. The summed E-state index contributed by atoms with van der Waals surface area (Å²) in [4.78, 5) is 26.7. The third kappa shape index (κ3) is 5.22. The van der Waals surface area contributed by atoms with Crippen LogP contribution in [0.25, 0.3) is 6.08 Å². The van der Waals surface area contributed by atoms with Gasteiger partial charge in [-0.2, -0.15) is 5.10 Å². The Balaban J connectivity index is 1.37. The van der Waals surface area contributed by atoms with Crippen LogP contribution in [0.1, 0.15) is 40.1 Å². The highest BCUT2D eigenvalue weighted by molar-refractivity contribution is 5.97. The molecule has 0 N–H and O–H groups in total. The normalized spacial score (nSPS) is 13.2. The Morgan fingerprint density at radius 2 is 1.82 bits per heavy atom. The number of carbonyl (C=O) groups excluding carboxylic acids is 2. The number of benzene rings is 2. The van der Waals surface area contributed by atoms with Crippen LogP contribution in [0.2, 0.25) is 0 Å². The fourth-order valence-electron chi connectivity index (χ4n) is 4.18. The topological polar surface area (TPSA) is 64.4 Å². The summed E-state index contributed by atoms with van der Waals surface area (Å²) >= 11 is 0. The first-order chi connectivity index (χ1) is 15.9. The summed E-state index contributed by atoms with van der Waals surface area (Å²) in [5.41, 5.74) is 7.14. The average Bonchev–Trinajstić information content (AvgIpc) is 3.09. The van der Waals surface area contributed by atoms with Crippen molar-refractivity contribution in [1.82, 2.24) is 9.78 Å². The van der Waals surface area contributed by atoms with Crippen molar-refractivity contribution in [2.24, 2.45) is 0 Å². The van der Waals surface area contributed by atoms with Crippen LogP contribution in [0.4, 0.5) is 5.69 Å². The maximum absolute atomic E-state index is 12.7. The lowest BCUT2D eigenvalue weighted by Gasteiger charge is -2.29. The van der Waals surface area contributed by atoms with Gasteiger partial charge in [0.1, 0.15) is 0 Å². The number of hydrogen-bond donors (Lipinski definition) is 0. The minimum Gasteiger partial charge on any atom is -0.452 e. The van der Waals surface area contributed by atoms with E-state index in [1.807, 2.05) is 42.8 Å². The molecular weight excluding hydrogens is 414 g/mol. The van der Waals surface area contributed by atoms with Gasteiger partial charge in [-0.05, 0) is 56.9 Å². The fourth-order valence-corrected chi connectivity index (χ4v) is 4.18. The largest absolute Gasteiger partial charge is 0.452 e. The van der Waals surface area contributed by atoms with E-state index in [-0.39, 0.29) is 12.5 Å². The summed E-state index contributed by atoms with van der Waals surface area (Å²) in [5, 5.41) is 4.62. The molecule has 0 radical (unpaired) electrons. The van der Waals surface area contributed by atoms with E-state index in [4.69, 9.17) is 4.74 Å². The minimum atomic E-state index is -0.543. The van der Waals surface area contributed by atoms with E-state index in [0.29, 0.717) is 13.1 Å². The third-order valence-corrected chi connectivity index (χ3v) is 6.03. The molecule has 0 saturated carbocycles. The lowest BCUT2D eigenvalue weighted by molar-refractivity contribution is -0.142. The van der Waals surface area contributed by atoms with Crippen LogP contribution in [0.3, 0.4) is 0 Å². The van der Waals surface area contributed by atoms with E-state index >= 15 is 0 Å². The summed E-state index contributed by atoms with van der Waals surface area (Å²) in [6, 6.07) is 16.2. The zero-order valence-corrected chi connectivity index (χ0v) is 19.4. The number of fused-ring (bicyclic) bond motifs is 1. The van der Waals surface area contributed by atoms with Crippen molar-refractivity contribution in [2.75, 3.05) is 18.1 Å². The van der Waals surface area contributed by atoms with Gasteiger partial charge in [-0.25, -0.2) is 4.79 Å². The van der Waals surface area contributed by atoms with E-state index in [1.54, 1.807) is 11.0 Å². The van der Waals surface area contributed by atoms with Crippen molar-refractivity contribution < 1.29 is 14.3 Å². The number of aromatic nitrogens is 2. The molecular formula is C27H29N3O3. The van der Waals surface area contributed by atoms with Gasteiger partial charge in [0.25, 0.3) is 5.91 Å². The number of amides is 1. The molecule has 170 valence electrons. The molecule has 0 atom stereocenters. The summed E-state index contributed by atoms with van der Waals surface area (Å²) < 4.78 is 7.18. The second kappa shape index (κ2) is 9.86. The Labute approximate surface area is 194 Å². The van der Waals surface area contributed by atoms with Crippen molar-refractivity contribution in [3.63, 3.8) is 0 Å². The second-order valence-electron chi connectivity index (χ2n) is 8.45. The third-order valence-electron chi connectivity index (χ3n) is 6.03. The standard InChI is InChI=1S/C27H29N3O3/c1-19-10-12-22(13-11-19)17-30-21(3)24(20(2)28-30)14-15-27(32)33-18-26(31)29-16-6-8-23-7-4-5-9-25(23)29/h4-5,7,9-15H,6,8,16-18H2,1-3H3/b15-14+. The van der Waals surface area contributed by atoms with Gasteiger partial charge in [0.2, 0.25) is 0 Å². The van der Waals surface area contributed by atoms with Crippen LogP contribution < -0.4 is 4.90 Å². The van der Waals surface area contributed by atoms with E-state index in [2.05, 4.69) is 36.3 Å². The van der Waals surface area contributed by atoms with Crippen molar-refractivity contribution in [3.8, 4) is 0 Å². The van der Waals surface area contributed by atoms with Crippen LogP contribution in [0, 0.1) is 20.8 Å². The van der Waals surface area contributed by atoms with Gasteiger partial charge in [-0.1, -0.05) is 48.0 Å². The molecule has 1 aliphatic heterocycles. The number of aryl methyl sites for hydroxylation is 3. The fraction of sp³-hybridized carbons (Fsp3) is 0.296. The molecule has 1 aromatic heterocycles. The molecule has 33 heavy (non-hydrogen) atoms. The highest BCUT2D eigenvalue weighted by atomic mass is 16.5. The number of anilines is 1. The van der Waals surface area contributed by atoms with Crippen molar-refractivity contribution in [1.29, 1.82) is 0 Å². The van der Waals surface area contributed by atoms with Gasteiger partial charge in [0.05, 0.1) is 12.2 Å². The number of para-hydroxylation sites is 1. The van der Waals surface area contributed by atoms with Gasteiger partial charge < -0.3 is 9.64 Å². The maximum atomic E-state index is 12.7. The minimum absolute atomic E-state index is 0.206. The van der Waals surface area contributed by atoms with Gasteiger partial charge in [-0.15, -0.1) is 0 Å². The lowest BCUT2D eigenvalue weighted by Crippen LogP contribution is -2.38. The Morgan fingerprint density at radius 3 is 2.61 bits per heavy atom. The van der Waals surface area contributed by atoms with Crippen LogP contribution in [-0.2, 0) is 27.3 Å². The predicted molar refractivity (Wildman–Crippen MR) is 129 cm³/mol. The average molecular weight is 444 g/mol. The number of rotatable bonds is 6. The Bertz CT molecular complexity index is 1190. The number of carbonyl (C=O) groups is 2. The summed E-state index contributed by atoms with van der Waals surface area (Å²) in [7, 11) is 0. The van der Waals surface area contributed by atoms with E-state index in [9.17, 15) is 9.59 Å². The van der Waals surface area contributed by atoms with Gasteiger partial charge >= 0.3 is 5.97 Å². The maximum Gasteiger partial charge on any atom is 0.331 e. The highest BCUT2D eigenvalue weighted by Crippen LogP contribution is 2.26. The molecule has 1 aliphatic rings. The van der Waals surface area contributed by atoms with E-state index in [1.165, 1.54) is 17.2 Å². The Morgan fingerprint density at radius 1 is 1.06 bits per heavy atom. The summed E-state index contributed by atoms with van der Waals surface area (Å²) in [6.45, 7) is 6.99. The van der Waals surface area contributed by atoms with Crippen LogP contribution in [0.15, 0.2) is 54.6 Å². The molecule has 2 aromatic carbocycles. The molecule has 0 aliphatic carbocycles. The van der Waals surface area contributed by atoms with Crippen LogP contribution >= 0.6 is 0 Å². The Hall–Kier alpha value is -3.67.